The van der Waals surface area contributed by atoms with Crippen LogP contribution in [-0.4, -0.2) is 15.7 Å². The number of aromatic nitrogens is 2. The van der Waals surface area contributed by atoms with E-state index in [4.69, 9.17) is 11.6 Å². The number of halogens is 1. The van der Waals surface area contributed by atoms with Gasteiger partial charge in [-0.05, 0) is 24.0 Å². The lowest BCUT2D eigenvalue weighted by molar-refractivity contribution is 1.09. The van der Waals surface area contributed by atoms with Gasteiger partial charge in [0.2, 0.25) is 0 Å². The van der Waals surface area contributed by atoms with Gasteiger partial charge in [-0.2, -0.15) is 0 Å². The van der Waals surface area contributed by atoms with E-state index >= 15 is 0 Å². The molecule has 0 spiro atoms. The van der Waals surface area contributed by atoms with Crippen LogP contribution in [-0.2, 0) is 5.88 Å². The summed E-state index contributed by atoms with van der Waals surface area (Å²) in [6.45, 7) is 2.14. The van der Waals surface area contributed by atoms with Crippen molar-refractivity contribution in [2.24, 2.45) is 0 Å². The minimum atomic E-state index is 0.416. The summed E-state index contributed by atoms with van der Waals surface area (Å²) in [7, 11) is 0. The molecule has 0 radical (unpaired) electrons. The molecule has 2 rings (SSSR count). The first-order valence-corrected chi connectivity index (χ1v) is 6.96. The highest BCUT2D eigenvalue weighted by atomic mass is 35.5. The maximum absolute atomic E-state index is 5.76. The van der Waals surface area contributed by atoms with Crippen LogP contribution in [0.25, 0.3) is 11.4 Å². The molecule has 1 aromatic carbocycles. The minimum absolute atomic E-state index is 0.416. The lowest BCUT2D eigenvalue weighted by Gasteiger charge is -2.03. The number of hydrogen-bond acceptors (Lipinski definition) is 3. The van der Waals surface area contributed by atoms with E-state index in [9.17, 15) is 0 Å². The van der Waals surface area contributed by atoms with E-state index < -0.39 is 0 Å². The average Bonchev–Trinajstić information content (AvgIpc) is 2.40. The Morgan fingerprint density at radius 1 is 1.18 bits per heavy atom. The number of thioether (sulfide) groups is 1. The smallest absolute Gasteiger partial charge is 0.159 e. The molecule has 0 aliphatic rings. The summed E-state index contributed by atoms with van der Waals surface area (Å²) in [5, 5.41) is 0. The molecule has 0 fully saturated rings. The summed E-state index contributed by atoms with van der Waals surface area (Å²) in [4.78, 5) is 9.91. The van der Waals surface area contributed by atoms with Crippen LogP contribution in [0.15, 0.2) is 41.4 Å². The monoisotopic (exact) mass is 264 g/mol. The van der Waals surface area contributed by atoms with Crippen LogP contribution in [0.3, 0.4) is 0 Å². The van der Waals surface area contributed by atoms with Gasteiger partial charge in [-0.1, -0.05) is 19.1 Å². The van der Waals surface area contributed by atoms with Crippen molar-refractivity contribution < 1.29 is 0 Å². The van der Waals surface area contributed by atoms with Gasteiger partial charge >= 0.3 is 0 Å². The number of rotatable bonds is 4. The van der Waals surface area contributed by atoms with Crippen molar-refractivity contribution in [1.82, 2.24) is 9.97 Å². The maximum Gasteiger partial charge on any atom is 0.159 e. The Morgan fingerprint density at radius 3 is 2.59 bits per heavy atom. The predicted octanol–water partition coefficient (Wildman–Crippen LogP) is 3.99. The van der Waals surface area contributed by atoms with Crippen molar-refractivity contribution in [1.29, 1.82) is 0 Å². The fourth-order valence-corrected chi connectivity index (χ4v) is 2.29. The Morgan fingerprint density at radius 2 is 1.94 bits per heavy atom. The number of hydrogen-bond donors (Lipinski definition) is 0. The van der Waals surface area contributed by atoms with E-state index in [0.29, 0.717) is 5.88 Å². The van der Waals surface area contributed by atoms with Crippen LogP contribution in [0.5, 0.6) is 0 Å². The molecule has 0 atom stereocenters. The Bertz CT molecular complexity index is 485. The minimum Gasteiger partial charge on any atom is -0.237 e. The van der Waals surface area contributed by atoms with Crippen molar-refractivity contribution in [3.8, 4) is 11.4 Å². The summed E-state index contributed by atoms with van der Waals surface area (Å²) in [5.41, 5.74) is 1.88. The molecule has 0 saturated heterocycles. The Labute approximate surface area is 110 Å². The van der Waals surface area contributed by atoms with Gasteiger partial charge in [0.05, 0.1) is 11.6 Å². The number of nitrogens with zero attached hydrogens (tertiary/aromatic N) is 2. The van der Waals surface area contributed by atoms with Crippen LogP contribution in [0, 0.1) is 0 Å². The molecule has 0 saturated carbocycles. The molecule has 0 aliphatic carbocycles. The first-order chi connectivity index (χ1) is 8.33. The second-order valence-electron chi connectivity index (χ2n) is 3.46. The van der Waals surface area contributed by atoms with E-state index in [-0.39, 0.29) is 0 Å². The quantitative estimate of drug-likeness (QED) is 0.617. The maximum atomic E-state index is 5.76. The average molecular weight is 265 g/mol. The second kappa shape index (κ2) is 6.03. The summed E-state index contributed by atoms with van der Waals surface area (Å²) in [5.74, 6) is 2.23. The zero-order chi connectivity index (χ0) is 12.1. The van der Waals surface area contributed by atoms with Crippen LogP contribution in [0.2, 0.25) is 0 Å². The van der Waals surface area contributed by atoms with Gasteiger partial charge < -0.3 is 0 Å². The summed E-state index contributed by atoms with van der Waals surface area (Å²) < 4.78 is 0. The topological polar surface area (TPSA) is 25.8 Å². The first-order valence-electron chi connectivity index (χ1n) is 5.44. The van der Waals surface area contributed by atoms with Crippen LogP contribution >= 0.6 is 23.4 Å². The van der Waals surface area contributed by atoms with Crippen molar-refractivity contribution in [3.05, 3.63) is 42.2 Å². The molecule has 1 heterocycles. The molecule has 4 heteroatoms. The second-order valence-corrected chi connectivity index (χ2v) is 5.07. The highest BCUT2D eigenvalue weighted by Crippen LogP contribution is 2.22. The van der Waals surface area contributed by atoms with E-state index in [2.05, 4.69) is 29.0 Å². The summed E-state index contributed by atoms with van der Waals surface area (Å²) in [6.07, 6.45) is 1.74. The summed E-state index contributed by atoms with van der Waals surface area (Å²) >= 11 is 7.58. The molecule has 0 bridgehead atoms. The molecule has 2 nitrogen and oxygen atoms in total. The van der Waals surface area contributed by atoms with Gasteiger partial charge in [-0.3, -0.25) is 0 Å². The van der Waals surface area contributed by atoms with E-state index in [0.717, 1.165) is 22.8 Å². The molecule has 17 heavy (non-hydrogen) atoms. The fraction of sp³-hybridized carbons (Fsp3) is 0.231. The van der Waals surface area contributed by atoms with Crippen LogP contribution in [0.1, 0.15) is 12.6 Å². The SMILES string of the molecule is CCSc1ccc(-c2nccc(CCl)n2)cc1. The zero-order valence-corrected chi connectivity index (χ0v) is 11.1. The predicted molar refractivity (Wildman–Crippen MR) is 73.4 cm³/mol. The van der Waals surface area contributed by atoms with Crippen molar-refractivity contribution in [3.63, 3.8) is 0 Å². The highest BCUT2D eigenvalue weighted by molar-refractivity contribution is 7.99. The fourth-order valence-electron chi connectivity index (χ4n) is 1.48. The first kappa shape index (κ1) is 12.4. The molecular formula is C13H13ClN2S. The molecule has 0 N–H and O–H groups in total. The standard InChI is InChI=1S/C13H13ClN2S/c1-2-17-12-5-3-10(4-6-12)13-15-8-7-11(9-14)16-13/h3-8H,2,9H2,1H3. The normalized spacial score (nSPS) is 10.5. The lowest BCUT2D eigenvalue weighted by Crippen LogP contribution is -1.92. The zero-order valence-electron chi connectivity index (χ0n) is 9.56. The number of benzene rings is 1. The van der Waals surface area contributed by atoms with Gasteiger partial charge in [0.15, 0.2) is 5.82 Å². The van der Waals surface area contributed by atoms with Crippen molar-refractivity contribution in [2.75, 3.05) is 5.75 Å². The van der Waals surface area contributed by atoms with E-state index in [1.54, 1.807) is 6.20 Å². The van der Waals surface area contributed by atoms with Crippen molar-refractivity contribution in [2.45, 2.75) is 17.7 Å². The largest absolute Gasteiger partial charge is 0.237 e. The molecule has 0 unspecified atom stereocenters. The van der Waals surface area contributed by atoms with Gasteiger partial charge in [0, 0.05) is 16.7 Å². The lowest BCUT2D eigenvalue weighted by atomic mass is 10.2. The molecule has 0 amide bonds. The molecular weight excluding hydrogens is 252 g/mol. The Kier molecular flexibility index (Phi) is 4.40. The van der Waals surface area contributed by atoms with E-state index in [1.807, 2.05) is 30.0 Å². The molecule has 0 aliphatic heterocycles. The highest BCUT2D eigenvalue weighted by Gasteiger charge is 2.02. The molecule has 88 valence electrons. The Balaban J connectivity index is 2.26. The van der Waals surface area contributed by atoms with Gasteiger partial charge in [-0.15, -0.1) is 23.4 Å². The van der Waals surface area contributed by atoms with Crippen molar-refractivity contribution >= 4 is 23.4 Å². The third kappa shape index (κ3) is 3.20. The number of alkyl halides is 1. The van der Waals surface area contributed by atoms with Gasteiger partial charge in [0.25, 0.3) is 0 Å². The van der Waals surface area contributed by atoms with Gasteiger partial charge in [-0.25, -0.2) is 9.97 Å². The van der Waals surface area contributed by atoms with E-state index in [1.165, 1.54) is 4.90 Å². The third-order valence-corrected chi connectivity index (χ3v) is 3.44. The van der Waals surface area contributed by atoms with Gasteiger partial charge in [0.1, 0.15) is 0 Å². The van der Waals surface area contributed by atoms with Crippen LogP contribution in [0.4, 0.5) is 0 Å². The molecule has 2 aromatic rings. The van der Waals surface area contributed by atoms with Crippen LogP contribution < -0.4 is 0 Å². The molecule has 1 aromatic heterocycles. The Hall–Kier alpha value is -1.06. The third-order valence-electron chi connectivity index (χ3n) is 2.27. The summed E-state index contributed by atoms with van der Waals surface area (Å²) in [6, 6.07) is 10.1.